The molecule has 0 amide bonds. The summed E-state index contributed by atoms with van der Waals surface area (Å²) in [5.41, 5.74) is 3.04. The lowest BCUT2D eigenvalue weighted by Crippen LogP contribution is -2.26. The summed E-state index contributed by atoms with van der Waals surface area (Å²) < 4.78 is 18.6. The highest BCUT2D eigenvalue weighted by Crippen LogP contribution is 2.41. The molecule has 26 heavy (non-hydrogen) atoms. The number of thiazole rings is 1. The summed E-state index contributed by atoms with van der Waals surface area (Å²) in [6.07, 6.45) is 2.22. The van der Waals surface area contributed by atoms with Crippen molar-refractivity contribution in [1.29, 1.82) is 0 Å². The van der Waals surface area contributed by atoms with E-state index in [0.717, 1.165) is 53.4 Å². The lowest BCUT2D eigenvalue weighted by molar-refractivity contribution is 0.415. The summed E-state index contributed by atoms with van der Waals surface area (Å²) in [6.45, 7) is 2.07. The van der Waals surface area contributed by atoms with E-state index in [1.165, 1.54) is 17.1 Å². The van der Waals surface area contributed by atoms with E-state index < -0.39 is 0 Å². The van der Waals surface area contributed by atoms with Gasteiger partial charge in [0, 0.05) is 11.5 Å². The quantitative estimate of drug-likeness (QED) is 0.696. The Labute approximate surface area is 156 Å². The highest BCUT2D eigenvalue weighted by Gasteiger charge is 2.22. The van der Waals surface area contributed by atoms with Crippen LogP contribution >= 0.6 is 11.3 Å². The van der Waals surface area contributed by atoms with E-state index in [0.29, 0.717) is 5.92 Å². The molecule has 134 valence electrons. The fraction of sp³-hybridized carbons (Fsp3) is 0.286. The number of hydrogen-bond donors (Lipinski definition) is 1. The smallest absolute Gasteiger partial charge is 0.123 e. The van der Waals surface area contributed by atoms with Crippen molar-refractivity contribution in [2.75, 3.05) is 20.2 Å². The van der Waals surface area contributed by atoms with E-state index in [9.17, 15) is 4.39 Å². The number of piperidine rings is 1. The maximum atomic E-state index is 13.4. The van der Waals surface area contributed by atoms with Crippen LogP contribution in [0.5, 0.6) is 5.75 Å². The van der Waals surface area contributed by atoms with Crippen molar-refractivity contribution < 1.29 is 9.13 Å². The van der Waals surface area contributed by atoms with E-state index in [4.69, 9.17) is 9.72 Å². The molecular formula is C21H21FN2OS. The number of ether oxygens (including phenoxy) is 1. The van der Waals surface area contributed by atoms with E-state index >= 15 is 0 Å². The van der Waals surface area contributed by atoms with Gasteiger partial charge in [-0.1, -0.05) is 12.1 Å². The lowest BCUT2D eigenvalue weighted by atomic mass is 9.99. The summed E-state index contributed by atoms with van der Waals surface area (Å²) in [4.78, 5) is 6.12. The molecule has 4 rings (SSSR count). The first-order valence-corrected chi connectivity index (χ1v) is 9.68. The fourth-order valence-corrected chi connectivity index (χ4v) is 4.58. The van der Waals surface area contributed by atoms with Crippen LogP contribution in [0.2, 0.25) is 0 Å². The third kappa shape index (κ3) is 3.50. The predicted molar refractivity (Wildman–Crippen MR) is 104 cm³/mol. The van der Waals surface area contributed by atoms with Gasteiger partial charge in [-0.15, -0.1) is 11.3 Å². The molecule has 0 saturated carbocycles. The van der Waals surface area contributed by atoms with Gasteiger partial charge in [0.2, 0.25) is 0 Å². The van der Waals surface area contributed by atoms with Crippen molar-refractivity contribution in [3.05, 3.63) is 59.4 Å². The Balaban J connectivity index is 1.78. The average molecular weight is 368 g/mol. The highest BCUT2D eigenvalue weighted by atomic mass is 32.1. The normalized spacial score (nSPS) is 15.2. The molecule has 5 heteroatoms. The first-order chi connectivity index (χ1) is 12.7. The zero-order valence-corrected chi connectivity index (χ0v) is 15.5. The Morgan fingerprint density at radius 2 is 1.65 bits per heavy atom. The van der Waals surface area contributed by atoms with Crippen molar-refractivity contribution in [1.82, 2.24) is 10.3 Å². The van der Waals surface area contributed by atoms with Gasteiger partial charge in [-0.2, -0.15) is 0 Å². The highest BCUT2D eigenvalue weighted by molar-refractivity contribution is 7.15. The van der Waals surface area contributed by atoms with Crippen molar-refractivity contribution in [3.8, 4) is 27.4 Å². The number of nitrogens with one attached hydrogen (secondary N) is 1. The van der Waals surface area contributed by atoms with E-state index in [-0.39, 0.29) is 5.82 Å². The zero-order chi connectivity index (χ0) is 17.9. The maximum absolute atomic E-state index is 13.4. The monoisotopic (exact) mass is 368 g/mol. The molecule has 1 saturated heterocycles. The van der Waals surface area contributed by atoms with Crippen LogP contribution in [0.3, 0.4) is 0 Å². The summed E-state index contributed by atoms with van der Waals surface area (Å²) in [6, 6.07) is 14.7. The Morgan fingerprint density at radius 1 is 1.00 bits per heavy atom. The van der Waals surface area contributed by atoms with Crippen molar-refractivity contribution in [2.45, 2.75) is 18.8 Å². The van der Waals surface area contributed by atoms with E-state index in [1.807, 2.05) is 36.4 Å². The van der Waals surface area contributed by atoms with E-state index in [1.54, 1.807) is 18.4 Å². The topological polar surface area (TPSA) is 34.1 Å². The Bertz CT molecular complexity index is 868. The molecule has 1 aliphatic rings. The number of aromatic nitrogens is 1. The molecule has 0 unspecified atom stereocenters. The van der Waals surface area contributed by atoms with Gasteiger partial charge in [0.1, 0.15) is 11.6 Å². The standard InChI is InChI=1S/C21H21FN2OS/c1-25-18-8-4-14(5-9-18)19-20(15-2-6-17(22)7-3-15)26-21(24-19)16-10-12-23-13-11-16/h2-9,16,23H,10-13H2,1H3. The molecule has 2 aromatic carbocycles. The molecule has 2 heterocycles. The van der Waals surface area contributed by atoms with Crippen LogP contribution in [0.4, 0.5) is 4.39 Å². The number of nitrogens with zero attached hydrogens (tertiary/aromatic N) is 1. The minimum absolute atomic E-state index is 0.220. The predicted octanol–water partition coefficient (Wildman–Crippen LogP) is 5.09. The number of benzene rings is 2. The molecule has 3 nitrogen and oxygen atoms in total. The summed E-state index contributed by atoms with van der Waals surface area (Å²) in [5, 5.41) is 4.59. The second-order valence-electron chi connectivity index (χ2n) is 6.49. The summed E-state index contributed by atoms with van der Waals surface area (Å²) >= 11 is 1.74. The van der Waals surface area contributed by atoms with Crippen LogP contribution in [0.25, 0.3) is 21.7 Å². The summed E-state index contributed by atoms with van der Waals surface area (Å²) in [7, 11) is 1.66. The molecule has 0 bridgehead atoms. The second-order valence-corrected chi connectivity index (χ2v) is 7.52. The van der Waals surface area contributed by atoms with Gasteiger partial charge in [-0.3, -0.25) is 0 Å². The van der Waals surface area contributed by atoms with Gasteiger partial charge in [-0.25, -0.2) is 9.37 Å². The molecule has 0 radical (unpaired) electrons. The largest absolute Gasteiger partial charge is 0.497 e. The fourth-order valence-electron chi connectivity index (χ4n) is 3.32. The minimum atomic E-state index is -0.220. The molecular weight excluding hydrogens is 347 g/mol. The Kier molecular flexibility index (Phi) is 5.00. The third-order valence-electron chi connectivity index (χ3n) is 4.80. The van der Waals surface area contributed by atoms with Crippen LogP contribution in [-0.2, 0) is 0 Å². The summed E-state index contributed by atoms with van der Waals surface area (Å²) in [5.74, 6) is 1.10. The number of methoxy groups -OCH3 is 1. The van der Waals surface area contributed by atoms with Gasteiger partial charge in [0.25, 0.3) is 0 Å². The van der Waals surface area contributed by atoms with Crippen LogP contribution in [0.1, 0.15) is 23.8 Å². The van der Waals surface area contributed by atoms with Crippen LogP contribution in [-0.4, -0.2) is 25.2 Å². The number of rotatable bonds is 4. The lowest BCUT2D eigenvalue weighted by Gasteiger charge is -2.20. The van der Waals surface area contributed by atoms with Gasteiger partial charge >= 0.3 is 0 Å². The van der Waals surface area contributed by atoms with Crippen LogP contribution in [0.15, 0.2) is 48.5 Å². The first kappa shape index (κ1) is 17.2. The molecule has 1 aromatic heterocycles. The van der Waals surface area contributed by atoms with Crippen molar-refractivity contribution in [3.63, 3.8) is 0 Å². The molecule has 0 spiro atoms. The van der Waals surface area contributed by atoms with Crippen molar-refractivity contribution in [2.24, 2.45) is 0 Å². The van der Waals surface area contributed by atoms with Gasteiger partial charge < -0.3 is 10.1 Å². The Morgan fingerprint density at radius 3 is 2.31 bits per heavy atom. The molecule has 3 aromatic rings. The van der Waals surface area contributed by atoms with Gasteiger partial charge in [0.05, 0.1) is 22.7 Å². The molecule has 0 atom stereocenters. The van der Waals surface area contributed by atoms with Crippen LogP contribution in [0, 0.1) is 5.82 Å². The van der Waals surface area contributed by atoms with Crippen molar-refractivity contribution >= 4 is 11.3 Å². The number of halogens is 1. The zero-order valence-electron chi connectivity index (χ0n) is 14.7. The molecule has 1 aliphatic heterocycles. The first-order valence-electron chi connectivity index (χ1n) is 8.86. The van der Waals surface area contributed by atoms with Gasteiger partial charge in [0.15, 0.2) is 0 Å². The average Bonchev–Trinajstić information content (AvgIpc) is 3.15. The second kappa shape index (κ2) is 7.56. The Hall–Kier alpha value is -2.24. The minimum Gasteiger partial charge on any atom is -0.497 e. The third-order valence-corrected chi connectivity index (χ3v) is 6.07. The molecule has 0 aliphatic carbocycles. The number of hydrogen-bond acceptors (Lipinski definition) is 4. The van der Waals surface area contributed by atoms with E-state index in [2.05, 4.69) is 5.32 Å². The SMILES string of the molecule is COc1ccc(-c2nc(C3CCNCC3)sc2-c2ccc(F)cc2)cc1. The molecule has 1 fully saturated rings. The molecule has 1 N–H and O–H groups in total. The van der Waals surface area contributed by atoms with Crippen LogP contribution < -0.4 is 10.1 Å². The maximum Gasteiger partial charge on any atom is 0.123 e. The van der Waals surface area contributed by atoms with Gasteiger partial charge in [-0.05, 0) is 67.9 Å².